The van der Waals surface area contributed by atoms with Crippen molar-refractivity contribution in [2.24, 2.45) is 5.41 Å². The number of carbonyl (C=O) groups is 1. The van der Waals surface area contributed by atoms with Crippen LogP contribution in [0.3, 0.4) is 0 Å². The fraction of sp³-hybridized carbons (Fsp3) is 0.643. The molecule has 0 atom stereocenters. The number of aliphatic hydroxyl groups excluding tert-OH is 1. The number of rotatable bonds is 7. The molecule has 0 aliphatic heterocycles. The monoisotopic (exact) mass is 252 g/mol. The van der Waals surface area contributed by atoms with Gasteiger partial charge in [-0.25, -0.2) is 0 Å². The van der Waals surface area contributed by atoms with Crippen molar-refractivity contribution in [1.29, 1.82) is 0 Å². The van der Waals surface area contributed by atoms with Gasteiger partial charge in [-0.2, -0.15) is 0 Å². The van der Waals surface area contributed by atoms with Gasteiger partial charge in [-0.1, -0.05) is 13.8 Å². The van der Waals surface area contributed by atoms with Crippen molar-refractivity contribution in [3.8, 4) is 0 Å². The van der Waals surface area contributed by atoms with Crippen LogP contribution in [0, 0.1) is 12.3 Å². The number of aryl methyl sites for hydroxylation is 1. The highest BCUT2D eigenvalue weighted by atomic mass is 16.3. The van der Waals surface area contributed by atoms with Gasteiger partial charge >= 0.3 is 0 Å². The zero-order valence-corrected chi connectivity index (χ0v) is 11.5. The first-order valence-electron chi connectivity index (χ1n) is 6.61. The molecule has 0 bridgehead atoms. The van der Waals surface area contributed by atoms with Gasteiger partial charge in [-0.05, 0) is 37.7 Å². The highest BCUT2D eigenvalue weighted by Gasteiger charge is 2.26. The molecule has 0 saturated carbocycles. The number of H-pyrrole nitrogens is 1. The minimum Gasteiger partial charge on any atom is -0.396 e. The third kappa shape index (κ3) is 3.35. The number of hydrogen-bond acceptors (Lipinski definition) is 2. The second-order valence-corrected chi connectivity index (χ2v) is 4.88. The molecule has 1 aromatic rings. The first kappa shape index (κ1) is 14.8. The summed E-state index contributed by atoms with van der Waals surface area (Å²) in [4.78, 5) is 15.0. The Bertz CT molecular complexity index is 381. The maximum absolute atomic E-state index is 12.0. The van der Waals surface area contributed by atoms with Crippen LogP contribution in [-0.4, -0.2) is 29.1 Å². The van der Waals surface area contributed by atoms with Crippen molar-refractivity contribution < 1.29 is 9.90 Å². The van der Waals surface area contributed by atoms with Crippen molar-refractivity contribution in [2.45, 2.75) is 40.0 Å². The number of hydrogen-bond donors (Lipinski definition) is 3. The van der Waals surface area contributed by atoms with Gasteiger partial charge in [-0.15, -0.1) is 0 Å². The summed E-state index contributed by atoms with van der Waals surface area (Å²) in [6.45, 7) is 6.87. The molecule has 102 valence electrons. The first-order valence-corrected chi connectivity index (χ1v) is 6.61. The Morgan fingerprint density at radius 1 is 1.44 bits per heavy atom. The molecule has 3 N–H and O–H groups in total. The zero-order valence-electron chi connectivity index (χ0n) is 11.5. The van der Waals surface area contributed by atoms with Crippen LogP contribution in [0.5, 0.6) is 0 Å². The van der Waals surface area contributed by atoms with Crippen LogP contribution in [0.2, 0.25) is 0 Å². The maximum Gasteiger partial charge on any atom is 0.253 e. The number of aromatic nitrogens is 1. The smallest absolute Gasteiger partial charge is 0.253 e. The molecule has 0 saturated heterocycles. The fourth-order valence-corrected chi connectivity index (χ4v) is 2.24. The van der Waals surface area contributed by atoms with Crippen LogP contribution in [0.15, 0.2) is 12.3 Å². The second-order valence-electron chi connectivity index (χ2n) is 4.88. The van der Waals surface area contributed by atoms with Crippen molar-refractivity contribution in [3.05, 3.63) is 23.5 Å². The van der Waals surface area contributed by atoms with E-state index in [-0.39, 0.29) is 17.9 Å². The van der Waals surface area contributed by atoms with Crippen molar-refractivity contribution in [3.63, 3.8) is 0 Å². The molecule has 0 aliphatic carbocycles. The first-order chi connectivity index (χ1) is 8.58. The summed E-state index contributed by atoms with van der Waals surface area (Å²) >= 11 is 0. The SMILES string of the molecule is CCC(CC)(CCO)CNC(=O)c1cc[nH]c1C. The Hall–Kier alpha value is -1.29. The van der Waals surface area contributed by atoms with Gasteiger partial charge < -0.3 is 15.4 Å². The van der Waals surface area contributed by atoms with Crippen LogP contribution in [0.25, 0.3) is 0 Å². The van der Waals surface area contributed by atoms with Gasteiger partial charge in [0.25, 0.3) is 5.91 Å². The molecule has 0 radical (unpaired) electrons. The van der Waals surface area contributed by atoms with Crippen LogP contribution < -0.4 is 5.32 Å². The lowest BCUT2D eigenvalue weighted by molar-refractivity contribution is 0.0907. The van der Waals surface area contributed by atoms with E-state index in [2.05, 4.69) is 24.1 Å². The quantitative estimate of drug-likeness (QED) is 0.697. The van der Waals surface area contributed by atoms with E-state index in [9.17, 15) is 4.79 Å². The summed E-state index contributed by atoms with van der Waals surface area (Å²) in [5, 5.41) is 12.1. The predicted octanol–water partition coefficient (Wildman–Crippen LogP) is 2.24. The van der Waals surface area contributed by atoms with Gasteiger partial charge in [-0.3, -0.25) is 4.79 Å². The standard InChI is InChI=1S/C14H24N2O2/c1-4-14(5-2,7-9-17)10-16-13(18)12-6-8-15-11(12)3/h6,8,15,17H,4-5,7,9-10H2,1-3H3,(H,16,18). The highest BCUT2D eigenvalue weighted by molar-refractivity contribution is 5.95. The van der Waals surface area contributed by atoms with Crippen LogP contribution >= 0.6 is 0 Å². The normalized spacial score (nSPS) is 11.6. The van der Waals surface area contributed by atoms with E-state index in [0.29, 0.717) is 12.1 Å². The molecular weight excluding hydrogens is 228 g/mol. The Balaban J connectivity index is 2.63. The summed E-state index contributed by atoms with van der Waals surface area (Å²) in [5.41, 5.74) is 1.59. The van der Waals surface area contributed by atoms with Gasteiger partial charge in [0.05, 0.1) is 5.56 Å². The molecule has 1 amide bonds. The molecule has 4 nitrogen and oxygen atoms in total. The molecule has 18 heavy (non-hydrogen) atoms. The molecule has 1 rings (SSSR count). The average molecular weight is 252 g/mol. The molecule has 1 heterocycles. The van der Waals surface area contributed by atoms with Gasteiger partial charge in [0.1, 0.15) is 0 Å². The highest BCUT2D eigenvalue weighted by Crippen LogP contribution is 2.29. The third-order valence-electron chi connectivity index (χ3n) is 3.96. The Morgan fingerprint density at radius 2 is 2.11 bits per heavy atom. The van der Waals surface area contributed by atoms with E-state index >= 15 is 0 Å². The summed E-state index contributed by atoms with van der Waals surface area (Å²) in [5.74, 6) is -0.0436. The Morgan fingerprint density at radius 3 is 2.56 bits per heavy atom. The van der Waals surface area contributed by atoms with Gasteiger partial charge in [0, 0.05) is 25.0 Å². The summed E-state index contributed by atoms with van der Waals surface area (Å²) < 4.78 is 0. The molecular formula is C14H24N2O2. The van der Waals surface area contributed by atoms with E-state index in [1.54, 1.807) is 12.3 Å². The van der Waals surface area contributed by atoms with E-state index < -0.39 is 0 Å². The third-order valence-corrected chi connectivity index (χ3v) is 3.96. The molecule has 4 heteroatoms. The Kier molecular flexibility index (Phi) is 5.41. The maximum atomic E-state index is 12.0. The van der Waals surface area contributed by atoms with Crippen LogP contribution in [0.4, 0.5) is 0 Å². The number of aromatic amines is 1. The molecule has 0 spiro atoms. The van der Waals surface area contributed by atoms with E-state index in [1.165, 1.54) is 0 Å². The molecule has 0 aromatic carbocycles. The lowest BCUT2D eigenvalue weighted by Gasteiger charge is -2.31. The average Bonchev–Trinajstić information content (AvgIpc) is 2.80. The van der Waals surface area contributed by atoms with Crippen molar-refractivity contribution in [2.75, 3.05) is 13.2 Å². The fourth-order valence-electron chi connectivity index (χ4n) is 2.24. The predicted molar refractivity (Wildman–Crippen MR) is 72.6 cm³/mol. The van der Waals surface area contributed by atoms with Crippen LogP contribution in [0.1, 0.15) is 49.2 Å². The van der Waals surface area contributed by atoms with Gasteiger partial charge in [0.2, 0.25) is 0 Å². The lowest BCUT2D eigenvalue weighted by Crippen LogP contribution is -2.37. The minimum absolute atomic E-state index is 0.00855. The molecule has 0 fully saturated rings. The summed E-state index contributed by atoms with van der Waals surface area (Å²) in [6, 6.07) is 1.79. The number of nitrogens with one attached hydrogen (secondary N) is 2. The molecule has 0 aliphatic rings. The number of aliphatic hydroxyl groups is 1. The topological polar surface area (TPSA) is 65.1 Å². The largest absolute Gasteiger partial charge is 0.396 e. The van der Waals surface area contributed by atoms with Crippen molar-refractivity contribution >= 4 is 5.91 Å². The lowest BCUT2D eigenvalue weighted by atomic mass is 9.79. The number of carbonyl (C=O) groups excluding carboxylic acids is 1. The second kappa shape index (κ2) is 6.59. The molecule has 1 aromatic heterocycles. The van der Waals surface area contributed by atoms with Crippen molar-refractivity contribution in [1.82, 2.24) is 10.3 Å². The van der Waals surface area contributed by atoms with Gasteiger partial charge in [0.15, 0.2) is 0 Å². The van der Waals surface area contributed by atoms with E-state index in [0.717, 1.165) is 25.0 Å². The van der Waals surface area contributed by atoms with E-state index in [4.69, 9.17) is 5.11 Å². The summed E-state index contributed by atoms with van der Waals surface area (Å²) in [6.07, 6.45) is 4.41. The zero-order chi connectivity index (χ0) is 13.6. The number of amides is 1. The van der Waals surface area contributed by atoms with Crippen LogP contribution in [-0.2, 0) is 0 Å². The molecule has 0 unspecified atom stereocenters. The Labute approximate surface area is 109 Å². The van der Waals surface area contributed by atoms with E-state index in [1.807, 2.05) is 6.92 Å². The minimum atomic E-state index is -0.0436. The summed E-state index contributed by atoms with van der Waals surface area (Å²) in [7, 11) is 0.